The summed E-state index contributed by atoms with van der Waals surface area (Å²) in [5.41, 5.74) is 2.07. The van der Waals surface area contributed by atoms with Crippen molar-refractivity contribution >= 4 is 23.6 Å². The molecule has 2 nitrogen and oxygen atoms in total. The number of rotatable bonds is 4. The molecule has 0 spiro atoms. The normalized spacial score (nSPS) is 10.7. The Morgan fingerprint density at radius 2 is 1.75 bits per heavy atom. The van der Waals surface area contributed by atoms with Gasteiger partial charge in [-0.15, -0.1) is 0 Å². The highest BCUT2D eigenvalue weighted by Crippen LogP contribution is 2.11. The van der Waals surface area contributed by atoms with Gasteiger partial charge in [-0.2, -0.15) is 0 Å². The Kier molecular flexibility index (Phi) is 4.97. The molecule has 2 aromatic rings. The summed E-state index contributed by atoms with van der Waals surface area (Å²) in [6, 6.07) is 17.3. The molecule has 0 aliphatic heterocycles. The average Bonchev–Trinajstić information content (AvgIpc) is 2.47. The van der Waals surface area contributed by atoms with Crippen LogP contribution < -0.4 is 0 Å². The molecule has 2 aromatic carbocycles. The first kappa shape index (κ1) is 14.4. The van der Waals surface area contributed by atoms with E-state index in [1.807, 2.05) is 42.5 Å². The molecule has 3 heteroatoms. The van der Waals surface area contributed by atoms with Gasteiger partial charge in [0.1, 0.15) is 0 Å². The van der Waals surface area contributed by atoms with Crippen LogP contribution >= 0.6 is 11.6 Å². The average molecular weight is 286 g/mol. The lowest BCUT2D eigenvalue weighted by Crippen LogP contribution is -2.23. The van der Waals surface area contributed by atoms with Gasteiger partial charge in [-0.1, -0.05) is 54.1 Å². The van der Waals surface area contributed by atoms with E-state index in [1.54, 1.807) is 36.2 Å². The van der Waals surface area contributed by atoms with Crippen LogP contribution in [0.2, 0.25) is 5.02 Å². The quantitative estimate of drug-likeness (QED) is 0.777. The van der Waals surface area contributed by atoms with E-state index in [4.69, 9.17) is 11.6 Å². The van der Waals surface area contributed by atoms with E-state index < -0.39 is 0 Å². The second-order valence-electron chi connectivity index (χ2n) is 4.56. The van der Waals surface area contributed by atoms with Gasteiger partial charge in [0.25, 0.3) is 0 Å². The number of nitrogens with zero attached hydrogens (tertiary/aromatic N) is 1. The summed E-state index contributed by atoms with van der Waals surface area (Å²) < 4.78 is 0. The first-order valence-corrected chi connectivity index (χ1v) is 6.75. The molecule has 0 saturated carbocycles. The van der Waals surface area contributed by atoms with Crippen LogP contribution in [0.4, 0.5) is 0 Å². The molecule has 0 aliphatic carbocycles. The fraction of sp³-hybridized carbons (Fsp3) is 0.118. The minimum Gasteiger partial charge on any atom is -0.338 e. The van der Waals surface area contributed by atoms with Crippen LogP contribution in [0.3, 0.4) is 0 Å². The third-order valence-electron chi connectivity index (χ3n) is 2.93. The van der Waals surface area contributed by atoms with Crippen LogP contribution in [0.5, 0.6) is 0 Å². The number of benzene rings is 2. The molecule has 0 atom stereocenters. The third-order valence-corrected chi connectivity index (χ3v) is 3.18. The van der Waals surface area contributed by atoms with Gasteiger partial charge in [-0.25, -0.2) is 0 Å². The second-order valence-corrected chi connectivity index (χ2v) is 5.00. The molecule has 102 valence electrons. The third kappa shape index (κ3) is 4.25. The molecule has 0 unspecified atom stereocenters. The highest BCUT2D eigenvalue weighted by Gasteiger charge is 2.05. The number of hydrogen-bond acceptors (Lipinski definition) is 1. The van der Waals surface area contributed by atoms with Crippen molar-refractivity contribution in [2.24, 2.45) is 0 Å². The first-order chi connectivity index (χ1) is 9.65. The van der Waals surface area contributed by atoms with Crippen molar-refractivity contribution in [3.8, 4) is 0 Å². The summed E-state index contributed by atoms with van der Waals surface area (Å²) in [5, 5.41) is 0.690. The van der Waals surface area contributed by atoms with Gasteiger partial charge >= 0.3 is 0 Å². The molecular formula is C17H16ClNO. The minimum atomic E-state index is -0.0243. The van der Waals surface area contributed by atoms with Gasteiger partial charge in [-0.05, 0) is 29.3 Å². The number of likely N-dealkylation sites (N-methyl/N-ethyl adjacent to an activating group) is 1. The van der Waals surface area contributed by atoms with Crippen LogP contribution in [0, 0.1) is 0 Å². The molecule has 20 heavy (non-hydrogen) atoms. The van der Waals surface area contributed by atoms with Crippen LogP contribution in [0.25, 0.3) is 6.08 Å². The largest absolute Gasteiger partial charge is 0.338 e. The molecule has 0 N–H and O–H groups in total. The summed E-state index contributed by atoms with van der Waals surface area (Å²) in [7, 11) is 1.79. The monoisotopic (exact) mass is 285 g/mol. The fourth-order valence-corrected chi connectivity index (χ4v) is 1.93. The maximum atomic E-state index is 12.0. The molecule has 0 bridgehead atoms. The van der Waals surface area contributed by atoms with Crippen molar-refractivity contribution in [3.63, 3.8) is 0 Å². The molecule has 0 aromatic heterocycles. The predicted octanol–water partition coefficient (Wildman–Crippen LogP) is 4.01. The van der Waals surface area contributed by atoms with E-state index in [1.165, 1.54) is 0 Å². The number of amides is 1. The van der Waals surface area contributed by atoms with E-state index in [-0.39, 0.29) is 5.91 Å². The van der Waals surface area contributed by atoms with Gasteiger partial charge in [0.05, 0.1) is 0 Å². The molecule has 0 fully saturated rings. The van der Waals surface area contributed by atoms with Gasteiger partial charge in [0.15, 0.2) is 0 Å². The van der Waals surface area contributed by atoms with Crippen molar-refractivity contribution in [1.82, 2.24) is 4.90 Å². The van der Waals surface area contributed by atoms with Gasteiger partial charge in [0, 0.05) is 24.7 Å². The van der Waals surface area contributed by atoms with E-state index in [0.29, 0.717) is 11.6 Å². The maximum absolute atomic E-state index is 12.0. The van der Waals surface area contributed by atoms with Crippen molar-refractivity contribution in [3.05, 3.63) is 76.8 Å². The molecular weight excluding hydrogens is 270 g/mol. The summed E-state index contributed by atoms with van der Waals surface area (Å²) in [4.78, 5) is 13.7. The predicted molar refractivity (Wildman–Crippen MR) is 83.4 cm³/mol. The highest BCUT2D eigenvalue weighted by atomic mass is 35.5. The fourth-order valence-electron chi connectivity index (χ4n) is 1.80. The van der Waals surface area contributed by atoms with Crippen LogP contribution in [0.15, 0.2) is 60.7 Å². The van der Waals surface area contributed by atoms with Gasteiger partial charge < -0.3 is 4.90 Å². The molecule has 0 radical (unpaired) electrons. The van der Waals surface area contributed by atoms with E-state index in [9.17, 15) is 4.79 Å². The summed E-state index contributed by atoms with van der Waals surface area (Å²) in [5.74, 6) is -0.0243. The smallest absolute Gasteiger partial charge is 0.246 e. The Balaban J connectivity index is 1.95. The SMILES string of the molecule is CN(Cc1ccccc1)C(=O)/C=C/c1ccc(Cl)cc1. The molecule has 0 aliphatic rings. The summed E-state index contributed by atoms with van der Waals surface area (Å²) >= 11 is 5.82. The van der Waals surface area contributed by atoms with Crippen molar-refractivity contribution < 1.29 is 4.79 Å². The lowest BCUT2D eigenvalue weighted by molar-refractivity contribution is -0.125. The zero-order valence-corrected chi connectivity index (χ0v) is 12.0. The van der Waals surface area contributed by atoms with Crippen LogP contribution in [0.1, 0.15) is 11.1 Å². The lowest BCUT2D eigenvalue weighted by Gasteiger charge is -2.14. The van der Waals surface area contributed by atoms with Crippen LogP contribution in [-0.4, -0.2) is 17.9 Å². The molecule has 1 amide bonds. The van der Waals surface area contributed by atoms with Crippen molar-refractivity contribution in [2.75, 3.05) is 7.05 Å². The summed E-state index contributed by atoms with van der Waals surface area (Å²) in [6.45, 7) is 0.602. The summed E-state index contributed by atoms with van der Waals surface area (Å²) in [6.07, 6.45) is 3.37. The first-order valence-electron chi connectivity index (χ1n) is 6.38. The van der Waals surface area contributed by atoms with E-state index in [2.05, 4.69) is 0 Å². The highest BCUT2D eigenvalue weighted by molar-refractivity contribution is 6.30. The Bertz CT molecular complexity index is 590. The van der Waals surface area contributed by atoms with Crippen molar-refractivity contribution in [2.45, 2.75) is 6.54 Å². The maximum Gasteiger partial charge on any atom is 0.246 e. The molecule has 0 heterocycles. The van der Waals surface area contributed by atoms with Crippen LogP contribution in [-0.2, 0) is 11.3 Å². The minimum absolute atomic E-state index is 0.0243. The number of carbonyl (C=O) groups is 1. The number of halogens is 1. The van der Waals surface area contributed by atoms with Gasteiger partial charge in [0.2, 0.25) is 5.91 Å². The Hall–Kier alpha value is -2.06. The van der Waals surface area contributed by atoms with Crippen molar-refractivity contribution in [1.29, 1.82) is 0 Å². The van der Waals surface area contributed by atoms with E-state index in [0.717, 1.165) is 11.1 Å². The second kappa shape index (κ2) is 6.92. The molecule has 0 saturated heterocycles. The lowest BCUT2D eigenvalue weighted by atomic mass is 10.2. The zero-order valence-electron chi connectivity index (χ0n) is 11.3. The number of hydrogen-bond donors (Lipinski definition) is 0. The Labute approximate surface area is 124 Å². The molecule has 2 rings (SSSR count). The zero-order chi connectivity index (χ0) is 14.4. The van der Waals surface area contributed by atoms with Gasteiger partial charge in [-0.3, -0.25) is 4.79 Å². The topological polar surface area (TPSA) is 20.3 Å². The standard InChI is InChI=1S/C17H16ClNO/c1-19(13-15-5-3-2-4-6-15)17(20)12-9-14-7-10-16(18)11-8-14/h2-12H,13H2,1H3/b12-9+. The number of carbonyl (C=O) groups excluding carboxylic acids is 1. The Morgan fingerprint density at radius 1 is 1.10 bits per heavy atom. The Morgan fingerprint density at radius 3 is 2.40 bits per heavy atom. The van der Waals surface area contributed by atoms with E-state index >= 15 is 0 Å².